The molecular weight excluding hydrogens is 216 g/mol. The van der Waals surface area contributed by atoms with Crippen molar-refractivity contribution in [3.63, 3.8) is 0 Å². The quantitative estimate of drug-likeness (QED) is 0.657. The van der Waals surface area contributed by atoms with Crippen molar-refractivity contribution in [2.45, 2.75) is 34.6 Å². The van der Waals surface area contributed by atoms with E-state index in [0.717, 1.165) is 5.75 Å². The summed E-state index contributed by atoms with van der Waals surface area (Å²) in [5.41, 5.74) is 0. The maximum Gasteiger partial charge on any atom is 0.120 e. The lowest BCUT2D eigenvalue weighted by Crippen LogP contribution is -1.79. The van der Waals surface area contributed by atoms with Gasteiger partial charge in [-0.1, -0.05) is 27.7 Å². The molecule has 0 spiro atoms. The molecule has 2 aromatic rings. The van der Waals surface area contributed by atoms with Crippen LogP contribution >= 0.6 is 11.3 Å². The molecule has 2 heteroatoms. The minimum absolute atomic E-state index is 0.935. The Kier molecular flexibility index (Phi) is 7.65. The zero-order valence-corrected chi connectivity index (χ0v) is 11.9. The summed E-state index contributed by atoms with van der Waals surface area (Å²) in [4.78, 5) is 1.35. The number of hydrogen-bond donors (Lipinski definition) is 0. The molecule has 0 saturated carbocycles. The molecule has 0 amide bonds. The molecule has 0 aliphatic rings. The van der Waals surface area contributed by atoms with Crippen LogP contribution in [0.25, 0.3) is 10.1 Å². The first-order chi connectivity index (χ1) is 7.79. The van der Waals surface area contributed by atoms with Gasteiger partial charge in [-0.3, -0.25) is 0 Å². The molecule has 0 radical (unpaired) electrons. The summed E-state index contributed by atoms with van der Waals surface area (Å²) in [7, 11) is 1.70. The minimum Gasteiger partial charge on any atom is -0.497 e. The third-order valence-electron chi connectivity index (χ3n) is 1.85. The van der Waals surface area contributed by atoms with Gasteiger partial charge < -0.3 is 4.74 Å². The van der Waals surface area contributed by atoms with E-state index in [1.54, 1.807) is 18.4 Å². The van der Waals surface area contributed by atoms with Gasteiger partial charge in [-0.2, -0.15) is 0 Å². The van der Waals surface area contributed by atoms with Crippen molar-refractivity contribution in [2.75, 3.05) is 7.11 Å². The first kappa shape index (κ1) is 15.0. The van der Waals surface area contributed by atoms with E-state index in [1.807, 2.05) is 33.8 Å². The molecule has 0 N–H and O–H groups in total. The summed E-state index contributed by atoms with van der Waals surface area (Å²) in [6.45, 7) is 10.1. The lowest BCUT2D eigenvalue weighted by molar-refractivity contribution is 0.415. The number of rotatable bonds is 1. The summed E-state index contributed by atoms with van der Waals surface area (Å²) in [6.07, 6.45) is 0. The molecule has 0 saturated heterocycles. The van der Waals surface area contributed by atoms with Crippen LogP contribution in [0.5, 0.6) is 5.75 Å². The third-order valence-corrected chi connectivity index (χ3v) is 2.86. The second-order valence-corrected chi connectivity index (χ2v) is 4.05. The van der Waals surface area contributed by atoms with Crippen LogP contribution in [0, 0.1) is 6.92 Å². The van der Waals surface area contributed by atoms with Crippen LogP contribution in [-0.4, -0.2) is 7.11 Å². The predicted molar refractivity (Wildman–Crippen MR) is 75.8 cm³/mol. The van der Waals surface area contributed by atoms with E-state index in [4.69, 9.17) is 4.74 Å². The minimum atomic E-state index is 0.935. The molecule has 90 valence electrons. The van der Waals surface area contributed by atoms with Gasteiger partial charge in [0.1, 0.15) is 5.75 Å². The van der Waals surface area contributed by atoms with Crippen LogP contribution in [0.1, 0.15) is 32.6 Å². The van der Waals surface area contributed by atoms with Crippen LogP contribution < -0.4 is 4.74 Å². The van der Waals surface area contributed by atoms with Gasteiger partial charge in [-0.15, -0.1) is 11.3 Å². The molecular formula is C14H22OS. The Morgan fingerprint density at radius 1 is 1.00 bits per heavy atom. The number of ether oxygens (including phenoxy) is 1. The van der Waals surface area contributed by atoms with E-state index in [0.29, 0.717) is 0 Å². The zero-order valence-electron chi connectivity index (χ0n) is 11.1. The zero-order chi connectivity index (χ0) is 12.6. The van der Waals surface area contributed by atoms with E-state index in [1.165, 1.54) is 15.0 Å². The molecule has 16 heavy (non-hydrogen) atoms. The Bertz CT molecular complexity index is 404. The molecule has 0 aliphatic carbocycles. The molecule has 0 bridgehead atoms. The lowest BCUT2D eigenvalue weighted by Gasteiger charge is -1.97. The molecule has 0 aliphatic heterocycles. The Labute approximate surface area is 103 Å². The van der Waals surface area contributed by atoms with Crippen LogP contribution in [0.4, 0.5) is 0 Å². The SMILES string of the molecule is CC.CC.COc1ccc2cc(C)sc2c1. The van der Waals surface area contributed by atoms with Gasteiger partial charge in [-0.05, 0) is 36.6 Å². The summed E-state index contributed by atoms with van der Waals surface area (Å²) in [5, 5.41) is 1.30. The highest BCUT2D eigenvalue weighted by Crippen LogP contribution is 2.28. The van der Waals surface area contributed by atoms with Crippen LogP contribution in [-0.2, 0) is 0 Å². The molecule has 1 aromatic carbocycles. The summed E-state index contributed by atoms with van der Waals surface area (Å²) >= 11 is 1.80. The number of thiophene rings is 1. The van der Waals surface area contributed by atoms with Crippen LogP contribution in [0.3, 0.4) is 0 Å². The average Bonchev–Trinajstić information content (AvgIpc) is 2.73. The molecule has 0 fully saturated rings. The van der Waals surface area contributed by atoms with Gasteiger partial charge in [0.2, 0.25) is 0 Å². The van der Waals surface area contributed by atoms with Crippen molar-refractivity contribution >= 4 is 21.4 Å². The molecule has 1 aromatic heterocycles. The Hall–Kier alpha value is -1.02. The normalized spacial score (nSPS) is 8.62. The summed E-state index contributed by atoms with van der Waals surface area (Å²) in [6, 6.07) is 8.36. The van der Waals surface area contributed by atoms with Gasteiger partial charge >= 0.3 is 0 Å². The topological polar surface area (TPSA) is 9.23 Å². The van der Waals surface area contributed by atoms with Gasteiger partial charge in [0.25, 0.3) is 0 Å². The fraction of sp³-hybridized carbons (Fsp3) is 0.429. The number of aryl methyl sites for hydroxylation is 1. The highest BCUT2D eigenvalue weighted by molar-refractivity contribution is 7.19. The molecule has 1 nitrogen and oxygen atoms in total. The van der Waals surface area contributed by atoms with Gasteiger partial charge in [-0.25, -0.2) is 0 Å². The second-order valence-electron chi connectivity index (χ2n) is 2.76. The number of hydrogen-bond acceptors (Lipinski definition) is 2. The first-order valence-electron chi connectivity index (χ1n) is 5.84. The van der Waals surface area contributed by atoms with E-state index < -0.39 is 0 Å². The molecule has 0 unspecified atom stereocenters. The molecule has 0 atom stereocenters. The number of benzene rings is 1. The van der Waals surface area contributed by atoms with Crippen molar-refractivity contribution in [2.24, 2.45) is 0 Å². The van der Waals surface area contributed by atoms with Crippen molar-refractivity contribution in [3.8, 4) is 5.75 Å². The predicted octanol–water partition coefficient (Wildman–Crippen LogP) is 5.27. The largest absolute Gasteiger partial charge is 0.497 e. The average molecular weight is 238 g/mol. The first-order valence-corrected chi connectivity index (χ1v) is 6.65. The molecule has 2 rings (SSSR count). The monoisotopic (exact) mass is 238 g/mol. The fourth-order valence-electron chi connectivity index (χ4n) is 1.27. The van der Waals surface area contributed by atoms with E-state index in [9.17, 15) is 0 Å². The number of methoxy groups -OCH3 is 1. The lowest BCUT2D eigenvalue weighted by atomic mass is 10.2. The van der Waals surface area contributed by atoms with Crippen LogP contribution in [0.15, 0.2) is 24.3 Å². The van der Waals surface area contributed by atoms with Crippen molar-refractivity contribution < 1.29 is 4.74 Å². The summed E-state index contributed by atoms with van der Waals surface area (Å²) in [5.74, 6) is 0.935. The number of fused-ring (bicyclic) bond motifs is 1. The third kappa shape index (κ3) is 3.86. The fourth-order valence-corrected chi connectivity index (χ4v) is 2.22. The highest BCUT2D eigenvalue weighted by Gasteiger charge is 1.98. The molecule has 1 heterocycles. The smallest absolute Gasteiger partial charge is 0.120 e. The van der Waals surface area contributed by atoms with E-state index in [-0.39, 0.29) is 0 Å². The highest BCUT2D eigenvalue weighted by atomic mass is 32.1. The second kappa shape index (κ2) is 8.17. The standard InChI is InChI=1S/C10H10OS.2C2H6/c1-7-5-8-3-4-9(11-2)6-10(8)12-7;2*1-2/h3-6H,1-2H3;2*1-2H3. The van der Waals surface area contributed by atoms with Crippen molar-refractivity contribution in [1.29, 1.82) is 0 Å². The maximum atomic E-state index is 5.14. The Morgan fingerprint density at radius 3 is 2.19 bits per heavy atom. The Morgan fingerprint density at radius 2 is 1.62 bits per heavy atom. The Balaban J connectivity index is 0.000000509. The summed E-state index contributed by atoms with van der Waals surface area (Å²) < 4.78 is 6.44. The van der Waals surface area contributed by atoms with E-state index in [2.05, 4.69) is 25.1 Å². The van der Waals surface area contributed by atoms with Gasteiger partial charge in [0.05, 0.1) is 7.11 Å². The maximum absolute atomic E-state index is 5.14. The van der Waals surface area contributed by atoms with Crippen molar-refractivity contribution in [3.05, 3.63) is 29.1 Å². The van der Waals surface area contributed by atoms with Gasteiger partial charge in [0, 0.05) is 9.58 Å². The van der Waals surface area contributed by atoms with Gasteiger partial charge in [0.15, 0.2) is 0 Å². The van der Waals surface area contributed by atoms with E-state index >= 15 is 0 Å². The van der Waals surface area contributed by atoms with Crippen molar-refractivity contribution in [1.82, 2.24) is 0 Å². The van der Waals surface area contributed by atoms with Crippen LogP contribution in [0.2, 0.25) is 0 Å².